The molecule has 4 heteroatoms. The fourth-order valence-electron chi connectivity index (χ4n) is 1.47. The maximum absolute atomic E-state index is 5.55. The van der Waals surface area contributed by atoms with E-state index in [0.29, 0.717) is 6.54 Å². The molecule has 0 aliphatic carbocycles. The summed E-state index contributed by atoms with van der Waals surface area (Å²) in [6.45, 7) is 0.514. The molecule has 0 radical (unpaired) electrons. The summed E-state index contributed by atoms with van der Waals surface area (Å²) in [6.07, 6.45) is 0. The van der Waals surface area contributed by atoms with Crippen molar-refractivity contribution in [3.8, 4) is 11.3 Å². The maximum atomic E-state index is 5.55. The first-order chi connectivity index (χ1) is 7.70. The molecule has 1 aromatic heterocycles. The summed E-state index contributed by atoms with van der Waals surface area (Å²) in [7, 11) is 4.06. The Morgan fingerprint density at radius 3 is 2.44 bits per heavy atom. The number of anilines is 1. The maximum Gasteiger partial charge on any atom is 0.107 e. The third-order valence-corrected chi connectivity index (χ3v) is 3.28. The van der Waals surface area contributed by atoms with Crippen LogP contribution in [0.4, 0.5) is 5.69 Å². The molecule has 0 spiro atoms. The molecule has 16 heavy (non-hydrogen) atoms. The topological polar surface area (TPSA) is 42.1 Å². The molecule has 2 N–H and O–H groups in total. The van der Waals surface area contributed by atoms with E-state index < -0.39 is 0 Å². The molecule has 0 atom stereocenters. The SMILES string of the molecule is CN(C)c1ccc(-c2csc(CN)n2)cc1. The Morgan fingerprint density at radius 2 is 1.94 bits per heavy atom. The van der Waals surface area contributed by atoms with E-state index in [1.807, 2.05) is 19.5 Å². The van der Waals surface area contributed by atoms with Gasteiger partial charge >= 0.3 is 0 Å². The Morgan fingerprint density at radius 1 is 1.25 bits per heavy atom. The Kier molecular flexibility index (Phi) is 3.22. The van der Waals surface area contributed by atoms with E-state index in [-0.39, 0.29) is 0 Å². The third kappa shape index (κ3) is 2.23. The largest absolute Gasteiger partial charge is 0.378 e. The van der Waals surface area contributed by atoms with E-state index in [2.05, 4.69) is 34.1 Å². The average Bonchev–Trinajstić information content (AvgIpc) is 2.77. The van der Waals surface area contributed by atoms with Crippen molar-refractivity contribution in [3.63, 3.8) is 0 Å². The number of hydrogen-bond acceptors (Lipinski definition) is 4. The van der Waals surface area contributed by atoms with Gasteiger partial charge in [-0.1, -0.05) is 12.1 Å². The Labute approximate surface area is 99.5 Å². The molecule has 1 aromatic carbocycles. The van der Waals surface area contributed by atoms with Gasteiger partial charge < -0.3 is 10.6 Å². The van der Waals surface area contributed by atoms with Crippen molar-refractivity contribution in [3.05, 3.63) is 34.7 Å². The van der Waals surface area contributed by atoms with Crippen LogP contribution in [0, 0.1) is 0 Å². The molecular formula is C12H15N3S. The van der Waals surface area contributed by atoms with Gasteiger partial charge in [-0.05, 0) is 12.1 Å². The normalized spacial score (nSPS) is 10.4. The smallest absolute Gasteiger partial charge is 0.107 e. The minimum absolute atomic E-state index is 0.514. The van der Waals surface area contributed by atoms with Gasteiger partial charge in [-0.2, -0.15) is 0 Å². The lowest BCUT2D eigenvalue weighted by Crippen LogP contribution is -2.07. The average molecular weight is 233 g/mol. The number of thiazole rings is 1. The van der Waals surface area contributed by atoms with E-state index in [1.165, 1.54) is 5.69 Å². The first kappa shape index (κ1) is 11.1. The highest BCUT2D eigenvalue weighted by molar-refractivity contribution is 7.09. The third-order valence-electron chi connectivity index (χ3n) is 2.41. The minimum Gasteiger partial charge on any atom is -0.378 e. The van der Waals surface area contributed by atoms with Gasteiger partial charge in [0, 0.05) is 37.3 Å². The Bertz CT molecular complexity index is 459. The van der Waals surface area contributed by atoms with E-state index >= 15 is 0 Å². The molecule has 0 unspecified atom stereocenters. The molecule has 0 aliphatic rings. The van der Waals surface area contributed by atoms with Crippen LogP contribution in [0.1, 0.15) is 5.01 Å². The lowest BCUT2D eigenvalue weighted by molar-refractivity contribution is 1.04. The van der Waals surface area contributed by atoms with Gasteiger partial charge in [-0.3, -0.25) is 0 Å². The molecule has 0 bridgehead atoms. The summed E-state index contributed by atoms with van der Waals surface area (Å²) in [4.78, 5) is 6.53. The zero-order valence-electron chi connectivity index (χ0n) is 9.47. The summed E-state index contributed by atoms with van der Waals surface area (Å²) in [5.74, 6) is 0. The molecule has 1 heterocycles. The summed E-state index contributed by atoms with van der Waals surface area (Å²) >= 11 is 1.61. The zero-order chi connectivity index (χ0) is 11.5. The lowest BCUT2D eigenvalue weighted by Gasteiger charge is -2.12. The van der Waals surface area contributed by atoms with Gasteiger partial charge in [0.15, 0.2) is 0 Å². The standard InChI is InChI=1S/C12H15N3S/c1-15(2)10-5-3-9(4-6-10)11-8-16-12(7-13)14-11/h3-6,8H,7,13H2,1-2H3. The fraction of sp³-hybridized carbons (Fsp3) is 0.250. The number of nitrogens with zero attached hydrogens (tertiary/aromatic N) is 2. The molecule has 2 rings (SSSR count). The number of rotatable bonds is 3. The molecule has 0 saturated heterocycles. The van der Waals surface area contributed by atoms with Crippen LogP contribution < -0.4 is 10.6 Å². The van der Waals surface area contributed by atoms with Crippen molar-refractivity contribution in [1.82, 2.24) is 4.98 Å². The molecule has 84 valence electrons. The molecule has 0 amide bonds. The first-order valence-corrected chi connectivity index (χ1v) is 6.01. The Balaban J connectivity index is 2.27. The van der Waals surface area contributed by atoms with Crippen molar-refractivity contribution in [2.24, 2.45) is 5.73 Å². The highest BCUT2D eigenvalue weighted by Crippen LogP contribution is 2.23. The van der Waals surface area contributed by atoms with Crippen molar-refractivity contribution in [1.29, 1.82) is 0 Å². The molecule has 0 fully saturated rings. The summed E-state index contributed by atoms with van der Waals surface area (Å²) in [5.41, 5.74) is 8.89. The minimum atomic E-state index is 0.514. The Hall–Kier alpha value is -1.39. The summed E-state index contributed by atoms with van der Waals surface area (Å²) in [6, 6.07) is 8.36. The molecule has 2 aromatic rings. The number of nitrogens with two attached hydrogens (primary N) is 1. The van der Waals surface area contributed by atoms with Crippen molar-refractivity contribution < 1.29 is 0 Å². The van der Waals surface area contributed by atoms with Gasteiger partial charge in [0.05, 0.1) is 5.69 Å². The van der Waals surface area contributed by atoms with Gasteiger partial charge in [0.1, 0.15) is 5.01 Å². The number of aromatic nitrogens is 1. The van der Waals surface area contributed by atoms with Gasteiger partial charge in [0.25, 0.3) is 0 Å². The molecule has 0 aliphatic heterocycles. The second kappa shape index (κ2) is 4.63. The molecule has 3 nitrogen and oxygen atoms in total. The van der Waals surface area contributed by atoms with Gasteiger partial charge in [-0.25, -0.2) is 4.98 Å². The van der Waals surface area contributed by atoms with Crippen molar-refractivity contribution >= 4 is 17.0 Å². The van der Waals surface area contributed by atoms with E-state index in [4.69, 9.17) is 5.73 Å². The molecular weight excluding hydrogens is 218 g/mol. The monoisotopic (exact) mass is 233 g/mol. The van der Waals surface area contributed by atoms with Crippen molar-refractivity contribution in [2.45, 2.75) is 6.54 Å². The highest BCUT2D eigenvalue weighted by atomic mass is 32.1. The van der Waals surface area contributed by atoms with Crippen LogP contribution in [0.25, 0.3) is 11.3 Å². The van der Waals surface area contributed by atoms with Crippen LogP contribution in [0.5, 0.6) is 0 Å². The lowest BCUT2D eigenvalue weighted by atomic mass is 10.1. The fourth-order valence-corrected chi connectivity index (χ4v) is 2.15. The molecule has 0 saturated carbocycles. The number of benzene rings is 1. The van der Waals surface area contributed by atoms with E-state index in [0.717, 1.165) is 16.3 Å². The first-order valence-electron chi connectivity index (χ1n) is 5.13. The van der Waals surface area contributed by atoms with E-state index in [9.17, 15) is 0 Å². The highest BCUT2D eigenvalue weighted by Gasteiger charge is 2.03. The predicted molar refractivity (Wildman–Crippen MR) is 69.8 cm³/mol. The van der Waals surface area contributed by atoms with Crippen LogP contribution in [-0.4, -0.2) is 19.1 Å². The number of hydrogen-bond donors (Lipinski definition) is 1. The van der Waals surface area contributed by atoms with Crippen LogP contribution in [0.3, 0.4) is 0 Å². The summed E-state index contributed by atoms with van der Waals surface area (Å²) < 4.78 is 0. The summed E-state index contributed by atoms with van der Waals surface area (Å²) in [5, 5.41) is 3.03. The van der Waals surface area contributed by atoms with Crippen LogP contribution in [0.2, 0.25) is 0 Å². The second-order valence-corrected chi connectivity index (χ2v) is 4.71. The van der Waals surface area contributed by atoms with Crippen molar-refractivity contribution in [2.75, 3.05) is 19.0 Å². The van der Waals surface area contributed by atoms with Gasteiger partial charge in [0.2, 0.25) is 0 Å². The van der Waals surface area contributed by atoms with Gasteiger partial charge in [-0.15, -0.1) is 11.3 Å². The zero-order valence-corrected chi connectivity index (χ0v) is 10.3. The van der Waals surface area contributed by atoms with E-state index in [1.54, 1.807) is 11.3 Å². The predicted octanol–water partition coefficient (Wildman–Crippen LogP) is 2.33. The second-order valence-electron chi connectivity index (χ2n) is 3.77. The quantitative estimate of drug-likeness (QED) is 0.884. The van der Waals surface area contributed by atoms with Crippen LogP contribution in [0.15, 0.2) is 29.6 Å². The van der Waals surface area contributed by atoms with Crippen LogP contribution in [-0.2, 0) is 6.54 Å². The van der Waals surface area contributed by atoms with Crippen LogP contribution >= 0.6 is 11.3 Å².